The summed E-state index contributed by atoms with van der Waals surface area (Å²) in [7, 11) is 0. The number of carboxylic acids is 1. The van der Waals surface area contributed by atoms with Crippen LogP contribution in [0, 0.1) is 0 Å². The minimum absolute atomic E-state index is 0.209. The average molecular weight is 560 g/mol. The molecule has 0 aliphatic rings. The molecule has 4 aromatic carbocycles. The Kier molecular flexibility index (Phi) is 8.53. The van der Waals surface area contributed by atoms with Crippen molar-refractivity contribution in [2.24, 2.45) is 5.10 Å². The largest absolute Gasteiger partial charge is 0.490 e. The molecule has 0 spiro atoms. The van der Waals surface area contributed by atoms with E-state index < -0.39 is 5.97 Å². The molecular formula is C34H29N3O5. The lowest BCUT2D eigenvalue weighted by Gasteiger charge is -2.17. The third-order valence-electron chi connectivity index (χ3n) is 6.51. The van der Waals surface area contributed by atoms with Crippen LogP contribution in [0.2, 0.25) is 0 Å². The van der Waals surface area contributed by atoms with Crippen LogP contribution < -0.4 is 15.0 Å². The summed E-state index contributed by atoms with van der Waals surface area (Å²) in [5.74, 6) is 0.531. The molecule has 0 fully saturated rings. The predicted molar refractivity (Wildman–Crippen MR) is 164 cm³/mol. The second-order valence-corrected chi connectivity index (χ2v) is 9.40. The van der Waals surface area contributed by atoms with Gasteiger partial charge in [-0.15, -0.1) is 6.58 Å². The Balaban J connectivity index is 1.53. The Morgan fingerprint density at radius 1 is 1.00 bits per heavy atom. The number of carbonyl (C=O) groups is 1. The second-order valence-electron chi connectivity index (χ2n) is 9.40. The highest BCUT2D eigenvalue weighted by Crippen LogP contribution is 2.34. The lowest BCUT2D eigenvalue weighted by molar-refractivity contribution is 0.0697. The second kappa shape index (κ2) is 12.8. The first-order valence-corrected chi connectivity index (χ1v) is 13.5. The van der Waals surface area contributed by atoms with Crippen molar-refractivity contribution in [3.05, 3.63) is 136 Å². The maximum absolute atomic E-state index is 13.5. The third kappa shape index (κ3) is 6.13. The molecule has 0 atom stereocenters. The summed E-state index contributed by atoms with van der Waals surface area (Å²) in [5.41, 5.74) is 3.63. The molecule has 0 aliphatic carbocycles. The molecule has 8 heteroatoms. The first-order valence-electron chi connectivity index (χ1n) is 13.5. The number of hydrogen-bond donors (Lipinski definition) is 1. The minimum Gasteiger partial charge on any atom is -0.490 e. The molecule has 0 bridgehead atoms. The molecule has 8 nitrogen and oxygen atoms in total. The van der Waals surface area contributed by atoms with Gasteiger partial charge in [-0.3, -0.25) is 4.79 Å². The van der Waals surface area contributed by atoms with Crippen LogP contribution >= 0.6 is 0 Å². The van der Waals surface area contributed by atoms with Crippen LogP contribution in [-0.4, -0.2) is 33.6 Å². The molecular weight excluding hydrogens is 530 g/mol. The maximum Gasteiger partial charge on any atom is 0.335 e. The number of rotatable bonds is 11. The van der Waals surface area contributed by atoms with E-state index in [2.05, 4.69) is 11.7 Å². The van der Waals surface area contributed by atoms with Gasteiger partial charge in [-0.1, -0.05) is 60.7 Å². The van der Waals surface area contributed by atoms with Gasteiger partial charge in [0.25, 0.3) is 5.56 Å². The number of hydrogen-bond acceptors (Lipinski definition) is 6. The van der Waals surface area contributed by atoms with E-state index in [1.54, 1.807) is 48.7 Å². The summed E-state index contributed by atoms with van der Waals surface area (Å²) in [4.78, 5) is 29.5. The molecule has 210 valence electrons. The fourth-order valence-corrected chi connectivity index (χ4v) is 4.52. The molecule has 0 unspecified atom stereocenters. The highest BCUT2D eigenvalue weighted by molar-refractivity contribution is 5.87. The lowest BCUT2D eigenvalue weighted by atomic mass is 10.1. The Labute approximate surface area is 242 Å². The first-order chi connectivity index (χ1) is 20.5. The van der Waals surface area contributed by atoms with E-state index in [1.807, 2.05) is 61.5 Å². The van der Waals surface area contributed by atoms with Crippen molar-refractivity contribution in [2.75, 3.05) is 6.61 Å². The first kappa shape index (κ1) is 28.0. The van der Waals surface area contributed by atoms with Crippen LogP contribution in [0.25, 0.3) is 22.3 Å². The van der Waals surface area contributed by atoms with Crippen LogP contribution in [0.5, 0.6) is 11.5 Å². The van der Waals surface area contributed by atoms with Gasteiger partial charge in [-0.2, -0.15) is 9.78 Å². The molecule has 5 aromatic rings. The van der Waals surface area contributed by atoms with Crippen LogP contribution in [0.4, 0.5) is 0 Å². The van der Waals surface area contributed by atoms with Gasteiger partial charge in [0, 0.05) is 11.1 Å². The van der Waals surface area contributed by atoms with E-state index in [0.29, 0.717) is 46.8 Å². The quantitative estimate of drug-likeness (QED) is 0.149. The summed E-state index contributed by atoms with van der Waals surface area (Å²) in [6, 6.07) is 26.9. The number of para-hydroxylation sites is 1. The number of fused-ring (bicyclic) bond motifs is 1. The van der Waals surface area contributed by atoms with E-state index >= 15 is 0 Å². The van der Waals surface area contributed by atoms with Crippen molar-refractivity contribution < 1.29 is 19.4 Å². The fraction of sp³-hybridized carbons (Fsp3) is 0.118. The minimum atomic E-state index is -0.982. The highest BCUT2D eigenvalue weighted by Gasteiger charge is 2.15. The summed E-state index contributed by atoms with van der Waals surface area (Å²) in [6.07, 6.45) is 3.88. The Morgan fingerprint density at radius 2 is 1.74 bits per heavy atom. The number of aromatic nitrogens is 2. The number of aromatic carboxylic acids is 1. The standard InChI is InChI=1S/C34H29N3O5/c1-3-10-27-19-24(20-30(41-4-2)31(27)42-22-23-15-17-26(18-16-23)34(39)40)21-35-37-32(25-11-6-5-7-12-25)36-29-14-9-8-13-28(29)33(37)38/h3,5-9,11-21H,1,4,10,22H2,2H3,(H,39,40). The van der Waals surface area contributed by atoms with Gasteiger partial charge in [0.15, 0.2) is 17.3 Å². The highest BCUT2D eigenvalue weighted by atomic mass is 16.5. The number of nitrogens with zero attached hydrogens (tertiary/aromatic N) is 3. The normalized spacial score (nSPS) is 11.1. The molecule has 0 saturated heterocycles. The number of benzene rings is 4. The summed E-state index contributed by atoms with van der Waals surface area (Å²) >= 11 is 0. The SMILES string of the molecule is C=CCc1cc(C=Nn2c(-c3ccccc3)nc3ccccc3c2=O)cc(OCC)c1OCc1ccc(C(=O)O)cc1. The summed E-state index contributed by atoms with van der Waals surface area (Å²) < 4.78 is 13.5. The van der Waals surface area contributed by atoms with Crippen molar-refractivity contribution in [1.82, 2.24) is 9.66 Å². The Hall–Kier alpha value is -5.50. The molecule has 1 N–H and O–H groups in total. The van der Waals surface area contributed by atoms with Gasteiger partial charge in [-0.25, -0.2) is 9.78 Å². The van der Waals surface area contributed by atoms with Crippen LogP contribution in [0.1, 0.15) is 34.0 Å². The molecule has 42 heavy (non-hydrogen) atoms. The number of carboxylic acid groups (broad SMARTS) is 1. The molecule has 5 rings (SSSR count). The van der Waals surface area contributed by atoms with Crippen LogP contribution in [0.3, 0.4) is 0 Å². The lowest BCUT2D eigenvalue weighted by Crippen LogP contribution is -2.20. The van der Waals surface area contributed by atoms with E-state index in [1.165, 1.54) is 4.68 Å². The smallest absolute Gasteiger partial charge is 0.335 e. The fourth-order valence-electron chi connectivity index (χ4n) is 4.52. The van der Waals surface area contributed by atoms with Gasteiger partial charge in [-0.05, 0) is 60.9 Å². The molecule has 0 saturated carbocycles. The number of ether oxygens (including phenoxy) is 2. The van der Waals surface area contributed by atoms with Gasteiger partial charge >= 0.3 is 5.97 Å². The van der Waals surface area contributed by atoms with Crippen molar-refractivity contribution >= 4 is 23.1 Å². The molecule has 1 aromatic heterocycles. The average Bonchev–Trinajstić information content (AvgIpc) is 3.01. The zero-order valence-electron chi connectivity index (χ0n) is 23.1. The van der Waals surface area contributed by atoms with Crippen molar-refractivity contribution in [1.29, 1.82) is 0 Å². The van der Waals surface area contributed by atoms with E-state index in [0.717, 1.165) is 16.7 Å². The van der Waals surface area contributed by atoms with E-state index in [-0.39, 0.29) is 17.7 Å². The monoisotopic (exact) mass is 559 g/mol. The topological polar surface area (TPSA) is 103 Å². The number of allylic oxidation sites excluding steroid dienone is 1. The van der Waals surface area contributed by atoms with E-state index in [9.17, 15) is 9.59 Å². The van der Waals surface area contributed by atoms with E-state index in [4.69, 9.17) is 19.6 Å². The molecule has 0 amide bonds. The third-order valence-corrected chi connectivity index (χ3v) is 6.51. The van der Waals surface area contributed by atoms with Gasteiger partial charge < -0.3 is 14.6 Å². The van der Waals surface area contributed by atoms with Gasteiger partial charge in [0.2, 0.25) is 0 Å². The van der Waals surface area contributed by atoms with Crippen LogP contribution in [-0.2, 0) is 13.0 Å². The van der Waals surface area contributed by atoms with Crippen molar-refractivity contribution in [3.8, 4) is 22.9 Å². The van der Waals surface area contributed by atoms with Crippen molar-refractivity contribution in [3.63, 3.8) is 0 Å². The maximum atomic E-state index is 13.5. The Bertz CT molecular complexity index is 1830. The molecule has 0 aliphatic heterocycles. The zero-order chi connectivity index (χ0) is 29.5. The summed E-state index contributed by atoms with van der Waals surface area (Å²) in [5, 5.41) is 14.2. The van der Waals surface area contributed by atoms with Crippen LogP contribution in [0.15, 0.2) is 114 Å². The van der Waals surface area contributed by atoms with Gasteiger partial charge in [0.1, 0.15) is 6.61 Å². The predicted octanol–water partition coefficient (Wildman–Crippen LogP) is 6.35. The Morgan fingerprint density at radius 3 is 2.45 bits per heavy atom. The van der Waals surface area contributed by atoms with Crippen molar-refractivity contribution in [2.45, 2.75) is 20.0 Å². The summed E-state index contributed by atoms with van der Waals surface area (Å²) in [6.45, 7) is 6.40. The zero-order valence-corrected chi connectivity index (χ0v) is 23.1. The molecule has 1 heterocycles. The molecule has 0 radical (unpaired) electrons. The van der Waals surface area contributed by atoms with Gasteiger partial charge in [0.05, 0.1) is 29.3 Å².